The Hall–Kier alpha value is -2.00. The fraction of sp³-hybridized carbons (Fsp3) is 0.350. The molecule has 0 unspecified atom stereocenters. The number of carbonyl (C=O) groups is 1. The van der Waals surface area contributed by atoms with Crippen LogP contribution in [0.2, 0.25) is 5.02 Å². The first-order valence-corrected chi connectivity index (χ1v) is 8.59. The molecule has 2 aromatic rings. The zero-order chi connectivity index (χ0) is 17.7. The predicted octanol–water partition coefficient (Wildman–Crippen LogP) is 4.99. The maximum Gasteiger partial charge on any atom is 0.261 e. The van der Waals surface area contributed by atoms with E-state index in [-0.39, 0.29) is 11.9 Å². The molecule has 0 spiro atoms. The summed E-state index contributed by atoms with van der Waals surface area (Å²) in [7, 11) is 0. The number of ether oxygens (including phenoxy) is 1. The maximum absolute atomic E-state index is 12.5. The van der Waals surface area contributed by atoms with Crippen molar-refractivity contribution < 1.29 is 9.53 Å². The lowest BCUT2D eigenvalue weighted by molar-refractivity contribution is -0.128. The summed E-state index contributed by atoms with van der Waals surface area (Å²) in [6, 6.07) is 13.7. The molecule has 2 atom stereocenters. The van der Waals surface area contributed by atoms with E-state index in [1.165, 1.54) is 0 Å². The third kappa shape index (κ3) is 4.51. The zero-order valence-corrected chi connectivity index (χ0v) is 15.4. The molecule has 2 aromatic carbocycles. The van der Waals surface area contributed by atoms with E-state index in [1.807, 2.05) is 56.3 Å². The molecule has 0 fully saturated rings. The van der Waals surface area contributed by atoms with Gasteiger partial charge in [-0.15, -0.1) is 0 Å². The van der Waals surface area contributed by atoms with Crippen LogP contribution in [0.15, 0.2) is 42.5 Å². The van der Waals surface area contributed by atoms with Gasteiger partial charge in [-0.05, 0) is 56.0 Å². The number of aryl methyl sites for hydroxylation is 2. The van der Waals surface area contributed by atoms with Crippen LogP contribution in [-0.4, -0.2) is 12.0 Å². The lowest BCUT2D eigenvalue weighted by atomic mass is 10.0. The molecule has 0 saturated carbocycles. The maximum atomic E-state index is 12.5. The Balaban J connectivity index is 2.04. The first-order valence-electron chi connectivity index (χ1n) is 8.21. The van der Waals surface area contributed by atoms with E-state index in [2.05, 4.69) is 12.2 Å². The molecule has 0 aliphatic rings. The monoisotopic (exact) mass is 345 g/mol. The number of benzene rings is 2. The largest absolute Gasteiger partial charge is 0.481 e. The Labute approximate surface area is 149 Å². The van der Waals surface area contributed by atoms with Gasteiger partial charge in [0.2, 0.25) is 0 Å². The molecule has 0 aliphatic carbocycles. The average molecular weight is 346 g/mol. The van der Waals surface area contributed by atoms with Crippen molar-refractivity contribution in [3.63, 3.8) is 0 Å². The van der Waals surface area contributed by atoms with E-state index < -0.39 is 6.10 Å². The number of amides is 1. The summed E-state index contributed by atoms with van der Waals surface area (Å²) in [5, 5.41) is 3.78. The Morgan fingerprint density at radius 2 is 1.75 bits per heavy atom. The van der Waals surface area contributed by atoms with Crippen molar-refractivity contribution >= 4 is 17.5 Å². The molecule has 0 heterocycles. The minimum atomic E-state index is -0.581. The zero-order valence-electron chi connectivity index (χ0n) is 14.6. The summed E-state index contributed by atoms with van der Waals surface area (Å²) >= 11 is 6.17. The topological polar surface area (TPSA) is 38.3 Å². The van der Waals surface area contributed by atoms with E-state index in [0.29, 0.717) is 5.75 Å². The summed E-state index contributed by atoms with van der Waals surface area (Å²) in [6.45, 7) is 7.66. The average Bonchev–Trinajstić information content (AvgIpc) is 2.57. The Bertz CT molecular complexity index is 677. The second-order valence-corrected chi connectivity index (χ2v) is 6.39. The molecule has 4 heteroatoms. The highest BCUT2D eigenvalue weighted by molar-refractivity contribution is 6.32. The third-order valence-corrected chi connectivity index (χ3v) is 4.61. The number of hydrogen-bond acceptors (Lipinski definition) is 2. The van der Waals surface area contributed by atoms with Gasteiger partial charge in [-0.3, -0.25) is 4.79 Å². The quantitative estimate of drug-likeness (QED) is 0.800. The molecule has 24 heavy (non-hydrogen) atoms. The van der Waals surface area contributed by atoms with Crippen LogP contribution in [0, 0.1) is 13.8 Å². The number of hydrogen-bond donors (Lipinski definition) is 1. The van der Waals surface area contributed by atoms with Gasteiger partial charge < -0.3 is 10.1 Å². The second-order valence-electron chi connectivity index (χ2n) is 6.01. The number of carbonyl (C=O) groups excluding carboxylic acids is 1. The van der Waals surface area contributed by atoms with Gasteiger partial charge >= 0.3 is 0 Å². The van der Waals surface area contributed by atoms with Crippen molar-refractivity contribution in [1.82, 2.24) is 5.32 Å². The molecule has 0 saturated heterocycles. The smallest absolute Gasteiger partial charge is 0.261 e. The van der Waals surface area contributed by atoms with E-state index in [0.717, 1.165) is 28.1 Å². The van der Waals surface area contributed by atoms with E-state index in [4.69, 9.17) is 16.3 Å². The summed E-state index contributed by atoms with van der Waals surface area (Å²) < 4.78 is 5.80. The fourth-order valence-corrected chi connectivity index (χ4v) is 2.74. The normalized spacial score (nSPS) is 13.2. The first kappa shape index (κ1) is 18.3. The summed E-state index contributed by atoms with van der Waals surface area (Å²) in [4.78, 5) is 12.5. The molecule has 1 N–H and O–H groups in total. The van der Waals surface area contributed by atoms with Crippen LogP contribution in [0.3, 0.4) is 0 Å². The van der Waals surface area contributed by atoms with E-state index >= 15 is 0 Å². The molecule has 2 rings (SSSR count). The van der Waals surface area contributed by atoms with E-state index in [9.17, 15) is 4.79 Å². The van der Waals surface area contributed by atoms with Crippen LogP contribution in [0.25, 0.3) is 0 Å². The Morgan fingerprint density at radius 3 is 2.29 bits per heavy atom. The fourth-order valence-electron chi connectivity index (χ4n) is 2.63. The van der Waals surface area contributed by atoms with Crippen LogP contribution in [0.1, 0.15) is 43.0 Å². The van der Waals surface area contributed by atoms with Gasteiger partial charge in [-0.25, -0.2) is 0 Å². The highest BCUT2D eigenvalue weighted by Crippen LogP contribution is 2.26. The van der Waals surface area contributed by atoms with Gasteiger partial charge in [0.25, 0.3) is 5.91 Å². The molecule has 128 valence electrons. The number of halogens is 1. The van der Waals surface area contributed by atoms with Crippen molar-refractivity contribution in [2.75, 3.05) is 0 Å². The van der Waals surface area contributed by atoms with Crippen LogP contribution in [-0.2, 0) is 4.79 Å². The highest BCUT2D eigenvalue weighted by Gasteiger charge is 2.19. The van der Waals surface area contributed by atoms with Crippen LogP contribution in [0.5, 0.6) is 5.75 Å². The summed E-state index contributed by atoms with van der Waals surface area (Å²) in [6.07, 6.45) is 0.240. The Kier molecular flexibility index (Phi) is 6.27. The van der Waals surface area contributed by atoms with Crippen LogP contribution in [0.4, 0.5) is 0 Å². The van der Waals surface area contributed by atoms with Crippen molar-refractivity contribution in [3.05, 3.63) is 64.2 Å². The standard InChI is InChI=1S/C20H24ClNO2/c1-5-18(16-9-7-6-8-10-16)22-20(23)15(4)24-17-11-13(2)19(21)14(3)12-17/h6-12,15,18H,5H2,1-4H3,(H,22,23)/t15-,18-/m1/s1. The van der Waals surface area contributed by atoms with Gasteiger partial charge in [0.15, 0.2) is 6.10 Å². The molecule has 3 nitrogen and oxygen atoms in total. The lowest BCUT2D eigenvalue weighted by Crippen LogP contribution is -2.38. The van der Waals surface area contributed by atoms with Crippen molar-refractivity contribution in [3.8, 4) is 5.75 Å². The molecule has 0 aromatic heterocycles. The van der Waals surface area contributed by atoms with Crippen LogP contribution >= 0.6 is 11.6 Å². The van der Waals surface area contributed by atoms with Gasteiger partial charge in [-0.2, -0.15) is 0 Å². The molecular weight excluding hydrogens is 322 g/mol. The van der Waals surface area contributed by atoms with Gasteiger partial charge in [0, 0.05) is 5.02 Å². The third-order valence-electron chi connectivity index (χ3n) is 4.02. The van der Waals surface area contributed by atoms with Crippen molar-refractivity contribution in [1.29, 1.82) is 0 Å². The summed E-state index contributed by atoms with van der Waals surface area (Å²) in [5.41, 5.74) is 2.98. The summed E-state index contributed by atoms with van der Waals surface area (Å²) in [5.74, 6) is 0.528. The van der Waals surface area contributed by atoms with Gasteiger partial charge in [0.1, 0.15) is 5.75 Å². The van der Waals surface area contributed by atoms with Crippen molar-refractivity contribution in [2.24, 2.45) is 0 Å². The predicted molar refractivity (Wildman–Crippen MR) is 98.6 cm³/mol. The highest BCUT2D eigenvalue weighted by atomic mass is 35.5. The minimum absolute atomic E-state index is 0.0153. The number of rotatable bonds is 6. The molecule has 0 radical (unpaired) electrons. The van der Waals surface area contributed by atoms with E-state index in [1.54, 1.807) is 6.92 Å². The first-order chi connectivity index (χ1) is 11.4. The number of nitrogens with one attached hydrogen (secondary N) is 1. The lowest BCUT2D eigenvalue weighted by Gasteiger charge is -2.21. The van der Waals surface area contributed by atoms with Crippen molar-refractivity contribution in [2.45, 2.75) is 46.3 Å². The molecule has 1 amide bonds. The van der Waals surface area contributed by atoms with Crippen LogP contribution < -0.4 is 10.1 Å². The molecule has 0 aliphatic heterocycles. The minimum Gasteiger partial charge on any atom is -0.481 e. The molecular formula is C20H24ClNO2. The second kappa shape index (κ2) is 8.20. The molecule has 0 bridgehead atoms. The Morgan fingerprint density at radius 1 is 1.17 bits per heavy atom. The van der Waals surface area contributed by atoms with Gasteiger partial charge in [-0.1, -0.05) is 48.9 Å². The van der Waals surface area contributed by atoms with Gasteiger partial charge in [0.05, 0.1) is 6.04 Å². The SMILES string of the molecule is CC[C@@H](NC(=O)[C@@H](C)Oc1cc(C)c(Cl)c(C)c1)c1ccccc1.